The fourth-order valence-electron chi connectivity index (χ4n) is 1.51. The van der Waals surface area contributed by atoms with Crippen LogP contribution in [0.4, 0.5) is 0 Å². The van der Waals surface area contributed by atoms with E-state index >= 15 is 0 Å². The lowest BCUT2D eigenvalue weighted by atomic mass is 10.2. The third-order valence-corrected chi connectivity index (χ3v) is 3.59. The smallest absolute Gasteiger partial charge is 0.0364 e. The van der Waals surface area contributed by atoms with Crippen LogP contribution in [0, 0.1) is 0 Å². The average Bonchev–Trinajstić information content (AvgIpc) is 2.85. The van der Waals surface area contributed by atoms with Crippen LogP contribution in [0.25, 0.3) is 10.4 Å². The van der Waals surface area contributed by atoms with Crippen LogP contribution in [0.15, 0.2) is 24.5 Å². The quantitative estimate of drug-likeness (QED) is 0.796. The number of aryl methyl sites for hydroxylation is 1. The lowest BCUT2D eigenvalue weighted by Gasteiger charge is -1.96. The highest BCUT2D eigenvalue weighted by Crippen LogP contribution is 2.30. The minimum atomic E-state index is 0.595. The Morgan fingerprint density at radius 2 is 2.21 bits per heavy atom. The van der Waals surface area contributed by atoms with Crippen molar-refractivity contribution in [1.82, 2.24) is 4.98 Å². The first-order valence-corrected chi connectivity index (χ1v) is 5.61. The highest BCUT2D eigenvalue weighted by Gasteiger charge is 2.06. The van der Waals surface area contributed by atoms with Crippen molar-refractivity contribution < 1.29 is 0 Å². The predicted octanol–water partition coefficient (Wildman–Crippen LogP) is 2.76. The van der Waals surface area contributed by atoms with Crippen molar-refractivity contribution >= 4 is 11.3 Å². The van der Waals surface area contributed by atoms with Crippen molar-refractivity contribution in [2.24, 2.45) is 5.73 Å². The maximum Gasteiger partial charge on any atom is 0.0364 e. The Kier molecular flexibility index (Phi) is 2.70. The minimum Gasteiger partial charge on any atom is -0.367 e. The second kappa shape index (κ2) is 3.98. The normalized spacial score (nSPS) is 10.7. The average molecular weight is 206 g/mol. The van der Waals surface area contributed by atoms with Crippen molar-refractivity contribution in [3.8, 4) is 10.4 Å². The van der Waals surface area contributed by atoms with Crippen molar-refractivity contribution in [3.63, 3.8) is 0 Å². The molecule has 0 spiro atoms. The van der Waals surface area contributed by atoms with Gasteiger partial charge in [-0.05, 0) is 24.1 Å². The molecule has 0 saturated carbocycles. The fraction of sp³-hybridized carbons (Fsp3) is 0.273. The third-order valence-electron chi connectivity index (χ3n) is 2.33. The molecule has 0 saturated heterocycles. The molecule has 0 fully saturated rings. The van der Waals surface area contributed by atoms with E-state index in [9.17, 15) is 0 Å². The molecule has 2 rings (SSSR count). The summed E-state index contributed by atoms with van der Waals surface area (Å²) in [7, 11) is 0. The van der Waals surface area contributed by atoms with Crippen molar-refractivity contribution in [3.05, 3.63) is 35.0 Å². The largest absolute Gasteiger partial charge is 0.367 e. The van der Waals surface area contributed by atoms with Gasteiger partial charge in [0.05, 0.1) is 0 Å². The molecule has 74 valence electrons. The lowest BCUT2D eigenvalue weighted by molar-refractivity contribution is 1.08. The third kappa shape index (κ3) is 1.61. The molecule has 0 aliphatic heterocycles. The Morgan fingerprint density at radius 3 is 2.86 bits per heavy atom. The van der Waals surface area contributed by atoms with E-state index in [1.807, 2.05) is 23.7 Å². The zero-order valence-electron chi connectivity index (χ0n) is 8.21. The van der Waals surface area contributed by atoms with Gasteiger partial charge in [-0.2, -0.15) is 0 Å². The summed E-state index contributed by atoms with van der Waals surface area (Å²) >= 11 is 1.84. The van der Waals surface area contributed by atoms with E-state index in [0.717, 1.165) is 6.42 Å². The topological polar surface area (TPSA) is 41.8 Å². The van der Waals surface area contributed by atoms with Gasteiger partial charge in [0.25, 0.3) is 0 Å². The first kappa shape index (κ1) is 9.49. The predicted molar refractivity (Wildman–Crippen MR) is 61.4 cm³/mol. The molecule has 0 bridgehead atoms. The molecule has 0 unspecified atom stereocenters. The van der Waals surface area contributed by atoms with Gasteiger partial charge >= 0.3 is 0 Å². The Hall–Kier alpha value is -1.06. The van der Waals surface area contributed by atoms with E-state index in [2.05, 4.69) is 24.0 Å². The molecule has 2 aromatic rings. The van der Waals surface area contributed by atoms with Gasteiger partial charge in [0, 0.05) is 34.3 Å². The number of aromatic amines is 1. The van der Waals surface area contributed by atoms with Gasteiger partial charge in [-0.1, -0.05) is 6.92 Å². The monoisotopic (exact) mass is 206 g/mol. The van der Waals surface area contributed by atoms with Crippen molar-refractivity contribution in [2.45, 2.75) is 19.9 Å². The highest BCUT2D eigenvalue weighted by molar-refractivity contribution is 7.15. The number of nitrogens with one attached hydrogen (secondary N) is 1. The number of thiophene rings is 1. The maximum absolute atomic E-state index is 5.66. The van der Waals surface area contributed by atoms with Gasteiger partial charge in [0.15, 0.2) is 0 Å². The van der Waals surface area contributed by atoms with E-state index in [-0.39, 0.29) is 0 Å². The van der Waals surface area contributed by atoms with Crippen LogP contribution >= 0.6 is 11.3 Å². The van der Waals surface area contributed by atoms with Gasteiger partial charge in [-0.25, -0.2) is 0 Å². The first-order valence-electron chi connectivity index (χ1n) is 4.80. The summed E-state index contributed by atoms with van der Waals surface area (Å²) in [6, 6.07) is 4.36. The summed E-state index contributed by atoms with van der Waals surface area (Å²) < 4.78 is 0. The Bertz CT molecular complexity index is 414. The number of aromatic nitrogens is 1. The summed E-state index contributed by atoms with van der Waals surface area (Å²) in [6.45, 7) is 2.77. The molecular weight excluding hydrogens is 192 g/mol. The molecule has 2 heterocycles. The molecular formula is C11H14N2S. The second-order valence-corrected chi connectivity index (χ2v) is 4.39. The molecule has 3 heteroatoms. The molecule has 0 aliphatic rings. The number of nitrogens with two attached hydrogens (primary N) is 1. The zero-order chi connectivity index (χ0) is 9.97. The van der Waals surface area contributed by atoms with Gasteiger partial charge in [-0.3, -0.25) is 0 Å². The van der Waals surface area contributed by atoms with Gasteiger partial charge < -0.3 is 10.7 Å². The van der Waals surface area contributed by atoms with E-state index in [1.165, 1.54) is 20.9 Å². The molecule has 0 aliphatic carbocycles. The summed E-state index contributed by atoms with van der Waals surface area (Å²) in [5.41, 5.74) is 8.09. The van der Waals surface area contributed by atoms with Crippen LogP contribution in [-0.4, -0.2) is 4.98 Å². The summed E-state index contributed by atoms with van der Waals surface area (Å²) in [6.07, 6.45) is 5.10. The standard InChI is InChI=1S/C11H14N2S/c1-2-9-3-4-11(14-9)10-7-13-6-8(10)5-12/h3-4,6-7,13H,2,5,12H2,1H3. The fourth-order valence-corrected chi connectivity index (χ4v) is 2.51. The maximum atomic E-state index is 5.66. The molecule has 2 nitrogen and oxygen atoms in total. The molecule has 14 heavy (non-hydrogen) atoms. The Labute approximate surface area is 87.8 Å². The molecule has 0 radical (unpaired) electrons. The van der Waals surface area contributed by atoms with Crippen LogP contribution in [0.1, 0.15) is 17.4 Å². The van der Waals surface area contributed by atoms with Crippen molar-refractivity contribution in [2.75, 3.05) is 0 Å². The van der Waals surface area contributed by atoms with Crippen LogP contribution in [0.5, 0.6) is 0 Å². The number of H-pyrrole nitrogens is 1. The van der Waals surface area contributed by atoms with E-state index < -0.39 is 0 Å². The summed E-state index contributed by atoms with van der Waals surface area (Å²) in [4.78, 5) is 5.83. The minimum absolute atomic E-state index is 0.595. The van der Waals surface area contributed by atoms with Crippen LogP contribution in [0.2, 0.25) is 0 Å². The van der Waals surface area contributed by atoms with E-state index in [0.29, 0.717) is 6.54 Å². The van der Waals surface area contributed by atoms with Crippen molar-refractivity contribution in [1.29, 1.82) is 0 Å². The number of hydrogen-bond donors (Lipinski definition) is 2. The zero-order valence-corrected chi connectivity index (χ0v) is 9.03. The SMILES string of the molecule is CCc1ccc(-c2c[nH]cc2CN)s1. The molecule has 0 amide bonds. The Morgan fingerprint density at radius 1 is 1.36 bits per heavy atom. The van der Waals surface area contributed by atoms with Gasteiger partial charge in [0.2, 0.25) is 0 Å². The highest BCUT2D eigenvalue weighted by atomic mass is 32.1. The number of rotatable bonds is 3. The molecule has 3 N–H and O–H groups in total. The van der Waals surface area contributed by atoms with Crippen LogP contribution in [-0.2, 0) is 13.0 Å². The molecule has 2 aromatic heterocycles. The molecule has 0 atom stereocenters. The van der Waals surface area contributed by atoms with Gasteiger partial charge in [-0.15, -0.1) is 11.3 Å². The van der Waals surface area contributed by atoms with Crippen LogP contribution < -0.4 is 5.73 Å². The first-order chi connectivity index (χ1) is 6.85. The summed E-state index contributed by atoms with van der Waals surface area (Å²) in [5, 5.41) is 0. The summed E-state index contributed by atoms with van der Waals surface area (Å²) in [5.74, 6) is 0. The van der Waals surface area contributed by atoms with Crippen LogP contribution in [0.3, 0.4) is 0 Å². The van der Waals surface area contributed by atoms with E-state index in [4.69, 9.17) is 5.73 Å². The van der Waals surface area contributed by atoms with Gasteiger partial charge in [0.1, 0.15) is 0 Å². The number of hydrogen-bond acceptors (Lipinski definition) is 2. The van der Waals surface area contributed by atoms with E-state index in [1.54, 1.807) is 0 Å². The Balaban J connectivity index is 2.38. The second-order valence-electron chi connectivity index (χ2n) is 3.22. The molecule has 0 aromatic carbocycles. The lowest BCUT2D eigenvalue weighted by Crippen LogP contribution is -1.95.